The highest BCUT2D eigenvalue weighted by molar-refractivity contribution is 5.49. The van der Waals surface area contributed by atoms with Crippen LogP contribution in [0.1, 0.15) is 17.2 Å². The SMILES string of the molecule is NNC(Cc1ccccc1)c1cc(F)ccc1N. The molecular weight excluding hydrogens is 229 g/mol. The molecule has 3 nitrogen and oxygen atoms in total. The molecule has 0 bridgehead atoms. The molecule has 0 radical (unpaired) electrons. The van der Waals surface area contributed by atoms with Crippen molar-refractivity contribution in [2.24, 2.45) is 5.84 Å². The first-order chi connectivity index (χ1) is 8.70. The minimum atomic E-state index is -0.312. The normalized spacial score (nSPS) is 12.3. The Labute approximate surface area is 106 Å². The second-order valence-electron chi connectivity index (χ2n) is 4.18. The van der Waals surface area contributed by atoms with E-state index in [1.54, 1.807) is 6.07 Å². The van der Waals surface area contributed by atoms with Crippen molar-refractivity contribution in [2.45, 2.75) is 12.5 Å². The molecule has 1 atom stereocenters. The fourth-order valence-corrected chi connectivity index (χ4v) is 1.96. The Hall–Kier alpha value is -1.91. The van der Waals surface area contributed by atoms with Gasteiger partial charge in [0.1, 0.15) is 5.82 Å². The Bertz CT molecular complexity index is 514. The van der Waals surface area contributed by atoms with Gasteiger partial charge in [0, 0.05) is 5.69 Å². The lowest BCUT2D eigenvalue weighted by atomic mass is 9.98. The number of nitrogens with two attached hydrogens (primary N) is 2. The summed E-state index contributed by atoms with van der Waals surface area (Å²) in [6, 6.07) is 14.0. The van der Waals surface area contributed by atoms with Crippen molar-refractivity contribution in [2.75, 3.05) is 5.73 Å². The second-order valence-corrected chi connectivity index (χ2v) is 4.18. The molecule has 0 aromatic heterocycles. The molecule has 2 aromatic carbocycles. The molecular formula is C14H16FN3. The fourth-order valence-electron chi connectivity index (χ4n) is 1.96. The van der Waals surface area contributed by atoms with Gasteiger partial charge in [0.15, 0.2) is 0 Å². The molecule has 2 aromatic rings. The number of benzene rings is 2. The number of hydrogen-bond donors (Lipinski definition) is 3. The molecule has 0 aliphatic carbocycles. The number of hydrazine groups is 1. The molecule has 2 rings (SSSR count). The zero-order chi connectivity index (χ0) is 13.0. The first-order valence-electron chi connectivity index (χ1n) is 5.75. The highest BCUT2D eigenvalue weighted by Gasteiger charge is 2.14. The molecule has 0 fully saturated rings. The van der Waals surface area contributed by atoms with Crippen LogP contribution in [-0.2, 0) is 6.42 Å². The van der Waals surface area contributed by atoms with Gasteiger partial charge in [0.05, 0.1) is 6.04 Å². The predicted molar refractivity (Wildman–Crippen MR) is 71.0 cm³/mol. The van der Waals surface area contributed by atoms with Gasteiger partial charge >= 0.3 is 0 Å². The van der Waals surface area contributed by atoms with Crippen molar-refractivity contribution in [1.29, 1.82) is 0 Å². The summed E-state index contributed by atoms with van der Waals surface area (Å²) in [5.74, 6) is 5.23. The lowest BCUT2D eigenvalue weighted by molar-refractivity contribution is 0.546. The van der Waals surface area contributed by atoms with Crippen molar-refractivity contribution in [3.05, 3.63) is 65.5 Å². The van der Waals surface area contributed by atoms with E-state index >= 15 is 0 Å². The van der Waals surface area contributed by atoms with Crippen LogP contribution >= 0.6 is 0 Å². The van der Waals surface area contributed by atoms with E-state index in [0.717, 1.165) is 5.56 Å². The van der Waals surface area contributed by atoms with Crippen LogP contribution in [0.25, 0.3) is 0 Å². The Morgan fingerprint density at radius 1 is 1.11 bits per heavy atom. The van der Waals surface area contributed by atoms with Gasteiger partial charge in [-0.3, -0.25) is 11.3 Å². The zero-order valence-electron chi connectivity index (χ0n) is 9.94. The van der Waals surface area contributed by atoms with Crippen molar-refractivity contribution in [3.63, 3.8) is 0 Å². The summed E-state index contributed by atoms with van der Waals surface area (Å²) in [5.41, 5.74) is 10.9. The maximum atomic E-state index is 13.3. The number of nitrogen functional groups attached to an aromatic ring is 1. The quantitative estimate of drug-likeness (QED) is 0.439. The van der Waals surface area contributed by atoms with Crippen LogP contribution in [0.4, 0.5) is 10.1 Å². The maximum Gasteiger partial charge on any atom is 0.123 e. The largest absolute Gasteiger partial charge is 0.398 e. The lowest BCUT2D eigenvalue weighted by Gasteiger charge is -2.18. The fraction of sp³-hybridized carbons (Fsp3) is 0.143. The molecule has 1 unspecified atom stereocenters. The summed E-state index contributed by atoms with van der Waals surface area (Å²) in [5, 5.41) is 0. The van der Waals surface area contributed by atoms with Crippen molar-refractivity contribution in [1.82, 2.24) is 5.43 Å². The maximum absolute atomic E-state index is 13.3. The molecule has 0 saturated heterocycles. The van der Waals surface area contributed by atoms with Gasteiger partial charge in [0.25, 0.3) is 0 Å². The van der Waals surface area contributed by atoms with Crippen LogP contribution in [-0.4, -0.2) is 0 Å². The minimum Gasteiger partial charge on any atom is -0.398 e. The van der Waals surface area contributed by atoms with Crippen LogP contribution in [0.15, 0.2) is 48.5 Å². The van der Waals surface area contributed by atoms with Crippen LogP contribution in [0.2, 0.25) is 0 Å². The zero-order valence-corrected chi connectivity index (χ0v) is 9.94. The van der Waals surface area contributed by atoms with E-state index < -0.39 is 0 Å². The number of hydrogen-bond acceptors (Lipinski definition) is 3. The number of nitrogens with one attached hydrogen (secondary N) is 1. The Morgan fingerprint density at radius 2 is 1.83 bits per heavy atom. The number of anilines is 1. The van der Waals surface area contributed by atoms with Crippen LogP contribution < -0.4 is 17.0 Å². The standard InChI is InChI=1S/C14H16FN3/c15-11-6-7-13(16)12(9-11)14(18-17)8-10-4-2-1-3-5-10/h1-7,9,14,18H,8,16-17H2. The third kappa shape index (κ3) is 2.85. The summed E-state index contributed by atoms with van der Waals surface area (Å²) in [7, 11) is 0. The van der Waals surface area contributed by atoms with E-state index in [4.69, 9.17) is 11.6 Å². The van der Waals surface area contributed by atoms with Gasteiger partial charge in [-0.1, -0.05) is 30.3 Å². The van der Waals surface area contributed by atoms with Gasteiger partial charge in [-0.15, -0.1) is 0 Å². The van der Waals surface area contributed by atoms with Crippen LogP contribution in [0.3, 0.4) is 0 Å². The smallest absolute Gasteiger partial charge is 0.123 e. The Balaban J connectivity index is 2.26. The number of rotatable bonds is 4. The third-order valence-corrected chi connectivity index (χ3v) is 2.91. The highest BCUT2D eigenvalue weighted by Crippen LogP contribution is 2.24. The molecule has 94 valence electrons. The molecule has 0 heterocycles. The first-order valence-corrected chi connectivity index (χ1v) is 5.75. The molecule has 0 aliphatic heterocycles. The topological polar surface area (TPSA) is 64.1 Å². The van der Waals surface area contributed by atoms with Crippen molar-refractivity contribution in [3.8, 4) is 0 Å². The van der Waals surface area contributed by atoms with Crippen LogP contribution in [0.5, 0.6) is 0 Å². The Morgan fingerprint density at radius 3 is 2.50 bits per heavy atom. The van der Waals surface area contributed by atoms with Gasteiger partial charge < -0.3 is 5.73 Å². The molecule has 0 spiro atoms. The monoisotopic (exact) mass is 245 g/mol. The van der Waals surface area contributed by atoms with E-state index in [2.05, 4.69) is 5.43 Å². The molecule has 5 N–H and O–H groups in total. The highest BCUT2D eigenvalue weighted by atomic mass is 19.1. The molecule has 4 heteroatoms. The summed E-state index contributed by atoms with van der Waals surface area (Å²) in [4.78, 5) is 0. The van der Waals surface area contributed by atoms with Gasteiger partial charge in [-0.2, -0.15) is 0 Å². The molecule has 0 aliphatic rings. The number of halogens is 1. The summed E-state index contributed by atoms with van der Waals surface area (Å²) in [6.07, 6.45) is 0.658. The van der Waals surface area contributed by atoms with E-state index in [-0.39, 0.29) is 11.9 Å². The second kappa shape index (κ2) is 5.62. The summed E-state index contributed by atoms with van der Waals surface area (Å²) < 4.78 is 13.3. The molecule has 18 heavy (non-hydrogen) atoms. The molecule has 0 amide bonds. The average molecular weight is 245 g/mol. The average Bonchev–Trinajstić information content (AvgIpc) is 2.40. The minimum absolute atomic E-state index is 0.205. The van der Waals surface area contributed by atoms with E-state index in [1.807, 2.05) is 30.3 Å². The summed E-state index contributed by atoms with van der Waals surface area (Å²) in [6.45, 7) is 0. The van der Waals surface area contributed by atoms with E-state index in [0.29, 0.717) is 17.7 Å². The third-order valence-electron chi connectivity index (χ3n) is 2.91. The van der Waals surface area contributed by atoms with Gasteiger partial charge in [-0.25, -0.2) is 4.39 Å². The van der Waals surface area contributed by atoms with Gasteiger partial charge in [-0.05, 0) is 35.7 Å². The van der Waals surface area contributed by atoms with Crippen LogP contribution in [0, 0.1) is 5.82 Å². The summed E-state index contributed by atoms with van der Waals surface area (Å²) >= 11 is 0. The van der Waals surface area contributed by atoms with E-state index in [1.165, 1.54) is 12.1 Å². The van der Waals surface area contributed by atoms with Crippen molar-refractivity contribution >= 4 is 5.69 Å². The first kappa shape index (κ1) is 12.5. The van der Waals surface area contributed by atoms with Gasteiger partial charge in [0.2, 0.25) is 0 Å². The van der Waals surface area contributed by atoms with Crippen molar-refractivity contribution < 1.29 is 4.39 Å². The Kier molecular flexibility index (Phi) is 3.92. The lowest BCUT2D eigenvalue weighted by Crippen LogP contribution is -2.30. The molecule has 0 saturated carbocycles. The predicted octanol–water partition coefficient (Wildman–Crippen LogP) is 2.15. The van der Waals surface area contributed by atoms with E-state index in [9.17, 15) is 4.39 Å².